The first-order valence-corrected chi connectivity index (χ1v) is 24.2. The fourth-order valence-corrected chi connectivity index (χ4v) is 7.94. The zero-order valence-corrected chi connectivity index (χ0v) is 45.1. The molecule has 2 N–H and O–H groups in total. The zero-order chi connectivity index (χ0) is 51.1. The van der Waals surface area contributed by atoms with Crippen LogP contribution >= 0.6 is 0 Å². The number of allylic oxidation sites excluding steroid dienone is 4. The predicted molar refractivity (Wildman–Crippen MR) is 267 cm³/mol. The molecule has 0 fully saturated rings. The summed E-state index contributed by atoms with van der Waals surface area (Å²) in [6.45, 7) is 14.2. The molecule has 1 aromatic carbocycles. The van der Waals surface area contributed by atoms with E-state index < -0.39 is 11.9 Å². The van der Waals surface area contributed by atoms with Crippen molar-refractivity contribution in [3.05, 3.63) is 58.3 Å². The number of aromatic nitrogens is 5. The Hall–Kier alpha value is -4.32. The molecule has 72 heavy (non-hydrogen) atoms. The third-order valence-electron chi connectivity index (χ3n) is 11.3. The van der Waals surface area contributed by atoms with Crippen molar-refractivity contribution in [2.75, 3.05) is 107 Å². The number of carbonyl (C=O) groups is 2. The topological polar surface area (TPSA) is 233 Å². The van der Waals surface area contributed by atoms with E-state index in [2.05, 4.69) is 13.8 Å². The van der Waals surface area contributed by atoms with Gasteiger partial charge in [0.05, 0.1) is 94.7 Å². The van der Waals surface area contributed by atoms with Gasteiger partial charge in [0, 0.05) is 93.4 Å². The van der Waals surface area contributed by atoms with E-state index in [0.717, 1.165) is 22.3 Å². The number of fused-ring (bicyclic) bond motifs is 7. The maximum absolute atomic E-state index is 13.0. The number of aliphatic hydroxyl groups is 2. The van der Waals surface area contributed by atoms with Crippen LogP contribution in [0.1, 0.15) is 101 Å². The van der Waals surface area contributed by atoms with Crippen molar-refractivity contribution in [3.8, 4) is 23.1 Å². The van der Waals surface area contributed by atoms with Crippen LogP contribution in [0.2, 0.25) is 0 Å². The minimum absolute atomic E-state index is 0. The second kappa shape index (κ2) is 32.1. The Morgan fingerprint density at radius 2 is 1.14 bits per heavy atom. The van der Waals surface area contributed by atoms with Crippen molar-refractivity contribution in [2.24, 2.45) is 0 Å². The molecule has 5 rings (SSSR count). The maximum atomic E-state index is 13.0. The molecule has 0 aliphatic carbocycles. The molecule has 0 unspecified atom stereocenters. The molecule has 0 spiro atoms. The second-order valence-corrected chi connectivity index (χ2v) is 16.3. The van der Waals surface area contributed by atoms with Gasteiger partial charge in [-0.1, -0.05) is 36.6 Å². The number of benzene rings is 1. The number of aliphatic hydroxyl groups excluding tert-OH is 2. The molecule has 4 heterocycles. The van der Waals surface area contributed by atoms with Crippen LogP contribution in [0.5, 0.6) is 23.1 Å². The number of hydrogen-bond acceptors (Lipinski definition) is 18. The number of methoxy groups -OCH3 is 2. The van der Waals surface area contributed by atoms with Gasteiger partial charge in [-0.25, -0.2) is 15.0 Å². The second-order valence-electron chi connectivity index (χ2n) is 16.3. The molecule has 2 aliphatic rings. The Labute approximate surface area is 453 Å². The first-order valence-electron chi connectivity index (χ1n) is 24.2. The first kappa shape index (κ1) is 60.2. The summed E-state index contributed by atoms with van der Waals surface area (Å²) in [4.78, 5) is 51.4. The van der Waals surface area contributed by atoms with Gasteiger partial charge < -0.3 is 62.6 Å². The van der Waals surface area contributed by atoms with E-state index in [0.29, 0.717) is 136 Å². The van der Waals surface area contributed by atoms with Crippen LogP contribution < -0.4 is 23.9 Å². The van der Waals surface area contributed by atoms with Crippen molar-refractivity contribution in [1.82, 2.24) is 24.9 Å². The quantitative estimate of drug-likeness (QED) is 0.0528. The summed E-state index contributed by atoms with van der Waals surface area (Å²) in [5, 5.41) is 20.0. The molecule has 0 saturated heterocycles. The summed E-state index contributed by atoms with van der Waals surface area (Å²) in [7, 11) is 3.22. The standard InChI is InChI=1S/C52H70N5O14.Gd/c1-9-37-38(10-2)45-32-53-43-30-46(68-27-25-66-23-21-64-19-17-62-7)47(69-28-26-67-24-22-65-20-18-63-8)31-44(43)56-52(71-36(6)61)49-34(4)40(14-12-16-59)50(57-49)51(70-35(5)60)48-33(3)39(13-11-15-58)42(55-48)29-41(37)54-45;/h29-32,58-59H,9-28H2,1-8H3;/q-1;. The van der Waals surface area contributed by atoms with Crippen LogP contribution in [0.25, 0.3) is 44.4 Å². The van der Waals surface area contributed by atoms with Crippen molar-refractivity contribution in [2.45, 2.75) is 80.1 Å². The van der Waals surface area contributed by atoms with E-state index in [4.69, 9.17) is 72.3 Å². The average molecular weight is 1150 g/mol. The smallest absolute Gasteiger partial charge is 0.309 e. The van der Waals surface area contributed by atoms with Crippen molar-refractivity contribution >= 4 is 56.3 Å². The average Bonchev–Trinajstić information content (AvgIpc) is 3.97. The van der Waals surface area contributed by atoms with E-state index in [1.807, 2.05) is 13.0 Å². The molecular formula is C52H70GdN5O14-. The third-order valence-corrected chi connectivity index (χ3v) is 11.3. The van der Waals surface area contributed by atoms with Gasteiger partial charge in [0.2, 0.25) is 5.88 Å². The Morgan fingerprint density at radius 3 is 1.68 bits per heavy atom. The van der Waals surface area contributed by atoms with E-state index in [1.54, 1.807) is 39.5 Å². The molecule has 0 amide bonds. The van der Waals surface area contributed by atoms with Crippen LogP contribution in [-0.2, 0) is 44.4 Å². The molecule has 0 saturated carbocycles. The molecular weight excluding hydrogens is 1080 g/mol. The Bertz CT molecular complexity index is 2550. The van der Waals surface area contributed by atoms with Crippen molar-refractivity contribution < 1.29 is 107 Å². The van der Waals surface area contributed by atoms with E-state index in [1.165, 1.54) is 13.8 Å². The summed E-state index contributed by atoms with van der Waals surface area (Å²) in [5.74, 6) is -0.760. The normalized spacial score (nSPS) is 12.2. The van der Waals surface area contributed by atoms with Crippen LogP contribution in [0, 0.1) is 46.9 Å². The number of ether oxygens (including phenoxy) is 10. The van der Waals surface area contributed by atoms with Crippen LogP contribution in [0.15, 0.2) is 24.4 Å². The number of carbonyl (C=O) groups excluding carboxylic acids is 2. The largest absolute Gasteiger partial charge is 0.654 e. The molecule has 20 heteroatoms. The Morgan fingerprint density at radius 1 is 0.611 bits per heavy atom. The SMILES string of the molecule is CCC1=C(CC)c2cc3[n-]c(c(C)c3CCCO)c(OC(C)=O)c3nc(c(OC(C)=O)nc4cc(OCCOCCOCCOC)c(OCCOCCOCCOC)cc4ncc1n2)C(C)=C3CCCO.[Gd]. The third kappa shape index (κ3) is 17.1. The Kier molecular flexibility index (Phi) is 26.9. The predicted octanol–water partition coefficient (Wildman–Crippen LogP) is 6.60. The molecule has 2 aromatic heterocycles. The summed E-state index contributed by atoms with van der Waals surface area (Å²) in [5.41, 5.74) is 8.04. The van der Waals surface area contributed by atoms with Crippen molar-refractivity contribution in [1.29, 1.82) is 0 Å². The van der Waals surface area contributed by atoms with Gasteiger partial charge in [-0.05, 0) is 74.7 Å². The molecule has 2 aliphatic heterocycles. The van der Waals surface area contributed by atoms with Gasteiger partial charge in [0.15, 0.2) is 11.5 Å². The van der Waals surface area contributed by atoms with Crippen LogP contribution in [-0.4, -0.2) is 149 Å². The molecule has 0 radical (unpaired) electrons. The minimum Gasteiger partial charge on any atom is -0.654 e. The van der Waals surface area contributed by atoms with Crippen LogP contribution in [0.4, 0.5) is 0 Å². The van der Waals surface area contributed by atoms with E-state index in [9.17, 15) is 19.8 Å². The molecule has 19 nitrogen and oxygen atoms in total. The van der Waals surface area contributed by atoms with Gasteiger partial charge in [-0.3, -0.25) is 14.6 Å². The number of aryl methyl sites for hydroxylation is 2. The van der Waals surface area contributed by atoms with E-state index in [-0.39, 0.29) is 114 Å². The number of hydrogen-bond donors (Lipinski definition) is 2. The number of nitrogens with zero attached hydrogens (tertiary/aromatic N) is 5. The van der Waals surface area contributed by atoms with Gasteiger partial charge in [-0.2, -0.15) is 0 Å². The number of esters is 2. The maximum Gasteiger partial charge on any atom is 0.309 e. The summed E-state index contributed by atoms with van der Waals surface area (Å²) >= 11 is 0. The number of rotatable bonds is 30. The van der Waals surface area contributed by atoms with Gasteiger partial charge in [0.25, 0.3) is 0 Å². The molecule has 0 atom stereocenters. The summed E-state index contributed by atoms with van der Waals surface area (Å²) in [6.07, 6.45) is 4.56. The molecule has 6 bridgehead atoms. The monoisotopic (exact) mass is 1150 g/mol. The minimum atomic E-state index is -0.677. The fraction of sp³-hybridized carbons (Fsp3) is 0.538. The van der Waals surface area contributed by atoms with Gasteiger partial charge in [0.1, 0.15) is 30.4 Å². The van der Waals surface area contributed by atoms with Crippen LogP contribution in [0.3, 0.4) is 0 Å². The van der Waals surface area contributed by atoms with E-state index >= 15 is 0 Å². The fourth-order valence-electron chi connectivity index (χ4n) is 7.94. The van der Waals surface area contributed by atoms with Gasteiger partial charge in [-0.15, -0.1) is 5.52 Å². The first-order chi connectivity index (χ1) is 34.5. The summed E-state index contributed by atoms with van der Waals surface area (Å²) < 4.78 is 57.3. The Balaban J connectivity index is 0.0000112. The van der Waals surface area contributed by atoms with Crippen molar-refractivity contribution in [3.63, 3.8) is 0 Å². The zero-order valence-electron chi connectivity index (χ0n) is 42.8. The summed E-state index contributed by atoms with van der Waals surface area (Å²) in [6, 6.07) is 5.26. The molecule has 3 aromatic rings. The van der Waals surface area contributed by atoms with Gasteiger partial charge >= 0.3 is 11.9 Å². The molecule has 396 valence electrons.